The van der Waals surface area contributed by atoms with Crippen LogP contribution in [0.4, 0.5) is 4.79 Å². The fourth-order valence-corrected chi connectivity index (χ4v) is 3.84. The Bertz CT molecular complexity index is 1180. The lowest BCUT2D eigenvalue weighted by Crippen LogP contribution is -2.54. The maximum atomic E-state index is 13.1. The van der Waals surface area contributed by atoms with E-state index in [1.807, 2.05) is 98.8 Å². The van der Waals surface area contributed by atoms with Gasteiger partial charge in [-0.1, -0.05) is 86.6 Å². The van der Waals surface area contributed by atoms with Crippen molar-refractivity contribution < 1.29 is 23.9 Å². The van der Waals surface area contributed by atoms with Crippen molar-refractivity contribution in [2.45, 2.75) is 52.0 Å². The Morgan fingerprint density at radius 3 is 1.97 bits per heavy atom. The molecule has 0 fully saturated rings. The Labute approximate surface area is 223 Å². The highest BCUT2D eigenvalue weighted by Gasteiger charge is 2.27. The van der Waals surface area contributed by atoms with Gasteiger partial charge in [-0.15, -0.1) is 0 Å². The van der Waals surface area contributed by atoms with Gasteiger partial charge in [-0.3, -0.25) is 9.59 Å². The summed E-state index contributed by atoms with van der Waals surface area (Å²) in [5, 5.41) is 5.32. The van der Waals surface area contributed by atoms with E-state index in [-0.39, 0.29) is 18.9 Å². The van der Waals surface area contributed by atoms with Crippen molar-refractivity contribution in [3.63, 3.8) is 0 Å². The first-order valence-corrected chi connectivity index (χ1v) is 12.6. The van der Waals surface area contributed by atoms with Gasteiger partial charge in [0.15, 0.2) is 0 Å². The van der Waals surface area contributed by atoms with Crippen molar-refractivity contribution in [2.75, 3.05) is 0 Å². The van der Waals surface area contributed by atoms with Crippen molar-refractivity contribution in [3.8, 4) is 5.75 Å². The minimum atomic E-state index is -0.969. The van der Waals surface area contributed by atoms with Gasteiger partial charge >= 0.3 is 6.09 Å². The molecule has 0 aliphatic heterocycles. The molecule has 0 aliphatic carbocycles. The number of carbonyl (C=O) groups is 3. The van der Waals surface area contributed by atoms with Crippen LogP contribution < -0.4 is 21.1 Å². The summed E-state index contributed by atoms with van der Waals surface area (Å²) in [6, 6.07) is 24.5. The molecule has 3 rings (SSSR count). The average molecular weight is 518 g/mol. The number of rotatable bonds is 13. The summed E-state index contributed by atoms with van der Waals surface area (Å²) in [6.07, 6.45) is -0.176. The molecule has 0 spiro atoms. The number of nitrogens with one attached hydrogen (secondary N) is 2. The topological polar surface area (TPSA) is 120 Å². The standard InChI is InChI=1S/C30H35N3O5/c1-21(2)16-27(33-30(36)38-20-23-12-7-4-8-13-23)29(35)32-26(28(31)34)18-24-14-9-15-25(17-24)37-19-22-10-5-3-6-11-22/h3-15,17,21,26-27H,16,18-20H2,1-2H3,(H2,31,34)(H,32,35)(H,33,36)/t26-,27+/m1/s1. The zero-order valence-corrected chi connectivity index (χ0v) is 21.8. The molecule has 4 N–H and O–H groups in total. The molecule has 3 aromatic carbocycles. The molecule has 0 radical (unpaired) electrons. The molecular formula is C30H35N3O5. The lowest BCUT2D eigenvalue weighted by Gasteiger charge is -2.23. The van der Waals surface area contributed by atoms with Crippen LogP contribution in [0, 0.1) is 5.92 Å². The molecule has 0 heterocycles. The highest BCUT2D eigenvalue weighted by molar-refractivity contribution is 5.90. The van der Waals surface area contributed by atoms with Gasteiger partial charge in [0.2, 0.25) is 11.8 Å². The molecule has 8 nitrogen and oxygen atoms in total. The Morgan fingerprint density at radius 1 is 0.763 bits per heavy atom. The van der Waals surface area contributed by atoms with Gasteiger partial charge < -0.3 is 25.8 Å². The number of amides is 3. The summed E-state index contributed by atoms with van der Waals surface area (Å²) in [5.74, 6) is -0.438. The minimum Gasteiger partial charge on any atom is -0.489 e. The normalized spacial score (nSPS) is 12.3. The second kappa shape index (κ2) is 14.4. The number of benzene rings is 3. The van der Waals surface area contributed by atoms with Gasteiger partial charge in [-0.2, -0.15) is 0 Å². The van der Waals surface area contributed by atoms with Crippen molar-refractivity contribution in [1.82, 2.24) is 10.6 Å². The predicted octanol–water partition coefficient (Wildman–Crippen LogP) is 4.12. The monoisotopic (exact) mass is 517 g/mol. The molecule has 200 valence electrons. The second-order valence-corrected chi connectivity index (χ2v) is 9.48. The summed E-state index contributed by atoms with van der Waals surface area (Å²) in [6.45, 7) is 4.35. The number of nitrogens with two attached hydrogens (primary N) is 1. The second-order valence-electron chi connectivity index (χ2n) is 9.48. The lowest BCUT2D eigenvalue weighted by molar-refractivity contribution is -0.128. The zero-order chi connectivity index (χ0) is 27.3. The van der Waals surface area contributed by atoms with Gasteiger partial charge in [-0.25, -0.2) is 4.79 Å². The summed E-state index contributed by atoms with van der Waals surface area (Å²) in [5.41, 5.74) is 8.26. The van der Waals surface area contributed by atoms with Crippen molar-refractivity contribution >= 4 is 17.9 Å². The van der Waals surface area contributed by atoms with Crippen LogP contribution in [-0.4, -0.2) is 30.0 Å². The number of hydrogen-bond acceptors (Lipinski definition) is 5. The Hall–Kier alpha value is -4.33. The molecule has 3 aromatic rings. The van der Waals surface area contributed by atoms with Crippen molar-refractivity contribution in [3.05, 3.63) is 102 Å². The molecule has 0 saturated heterocycles. The van der Waals surface area contributed by atoms with E-state index in [0.717, 1.165) is 16.7 Å². The van der Waals surface area contributed by atoms with Crippen LogP contribution in [-0.2, 0) is 34.0 Å². The largest absolute Gasteiger partial charge is 0.489 e. The molecule has 0 saturated carbocycles. The van der Waals surface area contributed by atoms with E-state index in [1.165, 1.54) is 0 Å². The maximum Gasteiger partial charge on any atom is 0.408 e. The third kappa shape index (κ3) is 9.61. The zero-order valence-electron chi connectivity index (χ0n) is 21.8. The van der Waals surface area contributed by atoms with Gasteiger partial charge in [0, 0.05) is 6.42 Å². The molecule has 2 atom stereocenters. The summed E-state index contributed by atoms with van der Waals surface area (Å²) < 4.78 is 11.1. The van der Waals surface area contributed by atoms with E-state index in [2.05, 4.69) is 10.6 Å². The van der Waals surface area contributed by atoms with Gasteiger partial charge in [0.25, 0.3) is 0 Å². The van der Waals surface area contributed by atoms with Crippen LogP contribution in [0.5, 0.6) is 5.75 Å². The highest BCUT2D eigenvalue weighted by atomic mass is 16.5. The first-order chi connectivity index (χ1) is 18.3. The quantitative estimate of drug-likeness (QED) is 0.315. The van der Waals surface area contributed by atoms with Crippen LogP contribution >= 0.6 is 0 Å². The van der Waals surface area contributed by atoms with Gasteiger partial charge in [0.05, 0.1) is 0 Å². The third-order valence-corrected chi connectivity index (χ3v) is 5.77. The molecule has 0 unspecified atom stereocenters. The molecule has 3 amide bonds. The van der Waals surface area contributed by atoms with E-state index in [1.54, 1.807) is 0 Å². The molecule has 0 bridgehead atoms. The average Bonchev–Trinajstić information content (AvgIpc) is 2.91. The van der Waals surface area contributed by atoms with E-state index in [0.29, 0.717) is 18.8 Å². The Balaban J connectivity index is 1.60. The number of ether oxygens (including phenoxy) is 2. The van der Waals surface area contributed by atoms with Gasteiger partial charge in [-0.05, 0) is 41.2 Å². The van der Waals surface area contributed by atoms with Crippen LogP contribution in [0.3, 0.4) is 0 Å². The smallest absolute Gasteiger partial charge is 0.408 e. The van der Waals surface area contributed by atoms with Crippen LogP contribution in [0.25, 0.3) is 0 Å². The molecule has 38 heavy (non-hydrogen) atoms. The van der Waals surface area contributed by atoms with Crippen molar-refractivity contribution in [1.29, 1.82) is 0 Å². The predicted molar refractivity (Wildman–Crippen MR) is 145 cm³/mol. The van der Waals surface area contributed by atoms with E-state index in [9.17, 15) is 14.4 Å². The van der Waals surface area contributed by atoms with Crippen molar-refractivity contribution in [2.24, 2.45) is 11.7 Å². The Kier molecular flexibility index (Phi) is 10.7. The summed E-state index contributed by atoms with van der Waals surface area (Å²) in [4.78, 5) is 37.7. The SMILES string of the molecule is CC(C)C[C@H](NC(=O)OCc1ccccc1)C(=O)N[C@H](Cc1cccc(OCc2ccccc2)c1)C(N)=O. The van der Waals surface area contributed by atoms with Crippen LogP contribution in [0.15, 0.2) is 84.9 Å². The number of carbonyl (C=O) groups excluding carboxylic acids is 3. The molecule has 0 aromatic heterocycles. The van der Waals surface area contributed by atoms with Crippen LogP contribution in [0.2, 0.25) is 0 Å². The van der Waals surface area contributed by atoms with Gasteiger partial charge in [0.1, 0.15) is 31.0 Å². The van der Waals surface area contributed by atoms with E-state index >= 15 is 0 Å². The summed E-state index contributed by atoms with van der Waals surface area (Å²) in [7, 11) is 0. The number of alkyl carbamates (subject to hydrolysis) is 1. The third-order valence-electron chi connectivity index (χ3n) is 5.77. The summed E-state index contributed by atoms with van der Waals surface area (Å²) >= 11 is 0. The lowest BCUT2D eigenvalue weighted by atomic mass is 10.0. The fourth-order valence-electron chi connectivity index (χ4n) is 3.84. The van der Waals surface area contributed by atoms with Crippen LogP contribution in [0.1, 0.15) is 37.0 Å². The number of primary amides is 1. The number of hydrogen-bond donors (Lipinski definition) is 3. The van der Waals surface area contributed by atoms with E-state index < -0.39 is 30.0 Å². The first-order valence-electron chi connectivity index (χ1n) is 12.6. The molecule has 0 aliphatic rings. The Morgan fingerprint density at radius 2 is 1.37 bits per heavy atom. The minimum absolute atomic E-state index is 0.0787. The fraction of sp³-hybridized carbons (Fsp3) is 0.300. The highest BCUT2D eigenvalue weighted by Crippen LogP contribution is 2.17. The maximum absolute atomic E-state index is 13.1. The molecule has 8 heteroatoms. The van der Waals surface area contributed by atoms with E-state index in [4.69, 9.17) is 15.2 Å². The molecular weight excluding hydrogens is 482 g/mol. The first kappa shape index (κ1) is 28.2.